The van der Waals surface area contributed by atoms with Gasteiger partial charge in [0.25, 0.3) is 0 Å². The SMILES string of the molecule is C[CH-]Cc1cccccccc(CNC(=O)CSCC(=O)NCC2CC(=O)N(C(CC)C(N)=O)C2)c1. The minimum Gasteiger partial charge on any atom is -0.368 e. The van der Waals surface area contributed by atoms with Gasteiger partial charge in [0.05, 0.1) is 11.5 Å². The molecule has 4 amide bonds. The molecule has 36 heavy (non-hydrogen) atoms. The molecule has 0 bridgehead atoms. The Morgan fingerprint density at radius 2 is 1.72 bits per heavy atom. The number of carbonyl (C=O) groups is 4. The van der Waals surface area contributed by atoms with Gasteiger partial charge in [0.1, 0.15) is 6.04 Å². The first-order valence-electron chi connectivity index (χ1n) is 12.2. The van der Waals surface area contributed by atoms with Crippen LogP contribution in [0.25, 0.3) is 0 Å². The third-order valence-electron chi connectivity index (χ3n) is 5.75. The highest BCUT2D eigenvalue weighted by molar-refractivity contribution is 8.00. The lowest BCUT2D eigenvalue weighted by Crippen LogP contribution is -2.45. The lowest BCUT2D eigenvalue weighted by molar-refractivity contribution is -0.136. The summed E-state index contributed by atoms with van der Waals surface area (Å²) in [7, 11) is 0. The Kier molecular flexibility index (Phi) is 12.8. The zero-order chi connectivity index (χ0) is 26.3. The smallest absolute Gasteiger partial charge is 0.240 e. The molecule has 4 N–H and O–H groups in total. The fourth-order valence-electron chi connectivity index (χ4n) is 3.98. The van der Waals surface area contributed by atoms with Crippen LogP contribution < -0.4 is 16.4 Å². The minimum atomic E-state index is -0.601. The van der Waals surface area contributed by atoms with Crippen LogP contribution >= 0.6 is 11.8 Å². The van der Waals surface area contributed by atoms with Crippen LogP contribution in [0.5, 0.6) is 0 Å². The van der Waals surface area contributed by atoms with Crippen molar-refractivity contribution < 1.29 is 19.2 Å². The van der Waals surface area contributed by atoms with Gasteiger partial charge in [-0.25, -0.2) is 0 Å². The molecule has 1 saturated heterocycles. The van der Waals surface area contributed by atoms with Crippen molar-refractivity contribution in [1.29, 1.82) is 0 Å². The number of likely N-dealkylation sites (tertiary alicyclic amines) is 1. The van der Waals surface area contributed by atoms with Crippen LogP contribution in [0.2, 0.25) is 0 Å². The average Bonchev–Trinajstić information content (AvgIpc) is 3.20. The Morgan fingerprint density at radius 1 is 1.08 bits per heavy atom. The molecular weight excluding hydrogens is 476 g/mol. The molecule has 196 valence electrons. The molecule has 9 heteroatoms. The summed E-state index contributed by atoms with van der Waals surface area (Å²) in [5.41, 5.74) is 7.53. The molecule has 0 saturated carbocycles. The summed E-state index contributed by atoms with van der Waals surface area (Å²) in [5, 5.41) is 5.74. The first kappa shape index (κ1) is 29.2. The summed E-state index contributed by atoms with van der Waals surface area (Å²) in [6, 6.07) is 15.3. The molecule has 1 aliphatic heterocycles. The van der Waals surface area contributed by atoms with Crippen molar-refractivity contribution in [2.75, 3.05) is 24.6 Å². The van der Waals surface area contributed by atoms with E-state index in [0.29, 0.717) is 26.1 Å². The Bertz CT molecular complexity index is 970. The highest BCUT2D eigenvalue weighted by Crippen LogP contribution is 2.21. The maximum absolute atomic E-state index is 12.3. The van der Waals surface area contributed by atoms with E-state index >= 15 is 0 Å². The van der Waals surface area contributed by atoms with E-state index in [1.807, 2.05) is 50.2 Å². The lowest BCUT2D eigenvalue weighted by Gasteiger charge is -2.24. The quantitative estimate of drug-likeness (QED) is 0.349. The maximum atomic E-state index is 12.3. The number of amides is 4. The van der Waals surface area contributed by atoms with Gasteiger partial charge in [-0.15, -0.1) is 11.8 Å². The predicted octanol–water partition coefficient (Wildman–Crippen LogP) is 2.16. The first-order valence-corrected chi connectivity index (χ1v) is 13.4. The van der Waals surface area contributed by atoms with Gasteiger partial charge in [-0.3, -0.25) is 19.2 Å². The molecule has 1 aromatic carbocycles. The molecule has 2 rings (SSSR count). The number of thioether (sulfide) groups is 1. The Morgan fingerprint density at radius 3 is 2.36 bits per heavy atom. The van der Waals surface area contributed by atoms with E-state index < -0.39 is 11.9 Å². The second-order valence-corrected chi connectivity index (χ2v) is 9.70. The van der Waals surface area contributed by atoms with Gasteiger partial charge >= 0.3 is 0 Å². The van der Waals surface area contributed by atoms with Crippen molar-refractivity contribution in [3.8, 4) is 0 Å². The van der Waals surface area contributed by atoms with E-state index in [9.17, 15) is 19.2 Å². The Labute approximate surface area is 218 Å². The molecule has 2 atom stereocenters. The molecule has 0 aromatic heterocycles. The molecule has 0 aliphatic carbocycles. The van der Waals surface area contributed by atoms with Crippen LogP contribution in [0.1, 0.15) is 37.8 Å². The van der Waals surface area contributed by atoms with Crippen LogP contribution in [0.4, 0.5) is 0 Å². The fraction of sp³-hybridized carbons (Fsp3) is 0.444. The summed E-state index contributed by atoms with van der Waals surface area (Å²) in [6.45, 7) is 4.97. The summed E-state index contributed by atoms with van der Waals surface area (Å²) in [4.78, 5) is 49.8. The summed E-state index contributed by atoms with van der Waals surface area (Å²) >= 11 is 1.24. The summed E-state index contributed by atoms with van der Waals surface area (Å²) in [5.74, 6) is -0.699. The van der Waals surface area contributed by atoms with Crippen LogP contribution in [0, 0.1) is 12.3 Å². The van der Waals surface area contributed by atoms with Crippen LogP contribution in [-0.2, 0) is 32.1 Å². The van der Waals surface area contributed by atoms with E-state index in [1.165, 1.54) is 16.7 Å². The van der Waals surface area contributed by atoms with Gasteiger partial charge in [-0.2, -0.15) is 13.3 Å². The molecular formula is C27H37N4O4S-. The third kappa shape index (κ3) is 10.3. The highest BCUT2D eigenvalue weighted by Gasteiger charge is 2.35. The van der Waals surface area contributed by atoms with Gasteiger partial charge in [0.15, 0.2) is 0 Å². The fourth-order valence-corrected chi connectivity index (χ4v) is 4.65. The van der Waals surface area contributed by atoms with Crippen LogP contribution in [0.15, 0.2) is 48.5 Å². The standard InChI is InChI=1S/C27H37N4O4S/c1-3-10-20-11-8-6-5-7-9-12-21(13-20)15-29-24(32)18-36-19-25(33)30-16-22-14-26(34)31(17-22)23(4-2)27(28)35/h3,5-9,11-13,22-23H,4,10,14-19H2,1-2H3,(H2,28,35)(H,29,32)(H,30,33)/q-1. The van der Waals surface area contributed by atoms with Crippen LogP contribution in [-0.4, -0.2) is 59.2 Å². The molecule has 1 aliphatic rings. The number of hydrogen-bond acceptors (Lipinski definition) is 5. The summed E-state index contributed by atoms with van der Waals surface area (Å²) < 4.78 is 0. The van der Waals surface area contributed by atoms with E-state index in [4.69, 9.17) is 5.73 Å². The normalized spacial score (nSPS) is 15.7. The number of hydrogen-bond donors (Lipinski definition) is 3. The molecule has 0 radical (unpaired) electrons. The number of carbonyl (C=O) groups excluding carboxylic acids is 4. The summed E-state index contributed by atoms with van der Waals surface area (Å²) in [6.07, 6.45) is 3.67. The average molecular weight is 514 g/mol. The van der Waals surface area contributed by atoms with Crippen molar-refractivity contribution in [3.05, 3.63) is 66.1 Å². The Hall–Kier alpha value is -3.07. The van der Waals surface area contributed by atoms with Gasteiger partial charge in [-0.05, 0) is 12.0 Å². The van der Waals surface area contributed by atoms with Crippen molar-refractivity contribution in [2.45, 2.75) is 45.7 Å². The molecule has 8 nitrogen and oxygen atoms in total. The molecule has 1 aromatic rings. The Balaban J connectivity index is 1.74. The zero-order valence-corrected chi connectivity index (χ0v) is 21.9. The highest BCUT2D eigenvalue weighted by atomic mass is 32.2. The molecule has 1 heterocycles. The predicted molar refractivity (Wildman–Crippen MR) is 143 cm³/mol. The second kappa shape index (κ2) is 15.8. The number of primary amides is 1. The third-order valence-corrected chi connectivity index (χ3v) is 6.68. The zero-order valence-electron chi connectivity index (χ0n) is 21.1. The van der Waals surface area contributed by atoms with E-state index in [1.54, 1.807) is 0 Å². The molecule has 1 fully saturated rings. The number of nitrogens with one attached hydrogen (secondary N) is 2. The number of nitrogens with two attached hydrogens (primary N) is 1. The van der Waals surface area contributed by atoms with Gasteiger partial charge < -0.3 is 27.7 Å². The maximum Gasteiger partial charge on any atom is 0.240 e. The van der Waals surface area contributed by atoms with E-state index in [2.05, 4.69) is 29.2 Å². The van der Waals surface area contributed by atoms with Gasteiger partial charge in [-0.1, -0.05) is 61.0 Å². The first-order chi connectivity index (χ1) is 17.3. The largest absolute Gasteiger partial charge is 0.368 e. The van der Waals surface area contributed by atoms with E-state index in [-0.39, 0.29) is 41.6 Å². The monoisotopic (exact) mass is 513 g/mol. The van der Waals surface area contributed by atoms with Crippen molar-refractivity contribution in [1.82, 2.24) is 15.5 Å². The van der Waals surface area contributed by atoms with Gasteiger partial charge in [0.2, 0.25) is 23.6 Å². The molecule has 0 spiro atoms. The van der Waals surface area contributed by atoms with Crippen molar-refractivity contribution >= 4 is 35.4 Å². The number of nitrogens with zero attached hydrogens (tertiary/aromatic N) is 1. The lowest BCUT2D eigenvalue weighted by atomic mass is 10.1. The van der Waals surface area contributed by atoms with Crippen LogP contribution in [0.3, 0.4) is 0 Å². The minimum absolute atomic E-state index is 0.0589. The van der Waals surface area contributed by atoms with Crippen molar-refractivity contribution in [2.24, 2.45) is 11.7 Å². The van der Waals surface area contributed by atoms with Crippen molar-refractivity contribution in [3.63, 3.8) is 0 Å². The number of rotatable bonds is 13. The van der Waals surface area contributed by atoms with E-state index in [0.717, 1.165) is 17.5 Å². The second-order valence-electron chi connectivity index (χ2n) is 8.72. The molecule has 2 unspecified atom stereocenters. The van der Waals surface area contributed by atoms with Gasteiger partial charge in [0, 0.05) is 32.0 Å². The topological polar surface area (TPSA) is 122 Å².